The van der Waals surface area contributed by atoms with Crippen molar-refractivity contribution in [2.24, 2.45) is 0 Å². The zero-order valence-corrected chi connectivity index (χ0v) is 14.0. The molecule has 68 valence electrons. The second-order valence-electron chi connectivity index (χ2n) is 2.67. The molecule has 0 unspecified atom stereocenters. The van der Waals surface area contributed by atoms with E-state index in [4.69, 9.17) is 2.09 Å². The Balaban J connectivity index is 3.02. The van der Waals surface area contributed by atoms with Gasteiger partial charge in [-0.15, -0.1) is 0 Å². The van der Waals surface area contributed by atoms with Crippen LogP contribution in [0.5, 0.6) is 0 Å². The first-order valence-corrected chi connectivity index (χ1v) is 13.2. The van der Waals surface area contributed by atoms with Crippen LogP contribution in [0, 0.1) is 6.92 Å². The van der Waals surface area contributed by atoms with Crippen molar-refractivity contribution in [2.45, 2.75) is 16.3 Å². The van der Waals surface area contributed by atoms with Crippen molar-refractivity contribution in [3.05, 3.63) is 29.8 Å². The van der Waals surface area contributed by atoms with Gasteiger partial charge in [0.1, 0.15) is 0 Å². The summed E-state index contributed by atoms with van der Waals surface area (Å²) in [6, 6.07) is 6.69. The van der Waals surface area contributed by atoms with Gasteiger partial charge in [-0.25, -0.2) is 0 Å². The van der Waals surface area contributed by atoms with Crippen molar-refractivity contribution in [3.63, 3.8) is 0 Å². The molecule has 1 rings (SSSR count). The molecule has 0 N–H and O–H groups in total. The van der Waals surface area contributed by atoms with E-state index >= 15 is 0 Å². The Morgan fingerprint density at radius 3 is 2.23 bits per heavy atom. The van der Waals surface area contributed by atoms with Crippen molar-refractivity contribution in [1.29, 1.82) is 0 Å². The van der Waals surface area contributed by atoms with Gasteiger partial charge in [-0.2, -0.15) is 0 Å². The molecule has 0 aromatic heterocycles. The summed E-state index contributed by atoms with van der Waals surface area (Å²) in [5, 5.41) is 0. The number of hydrogen-bond donors (Lipinski definition) is 0. The van der Waals surface area contributed by atoms with Gasteiger partial charge < -0.3 is 0 Å². The molecular formula is C8H10HgO3S. The summed E-state index contributed by atoms with van der Waals surface area (Å²) >= 11 is -1.59. The molecule has 0 saturated heterocycles. The molecule has 13 heavy (non-hydrogen) atoms. The SMILES string of the molecule is [CH3][Hg][O]S(=O)(=O)c1ccc(C)cc1. The van der Waals surface area contributed by atoms with Gasteiger partial charge in [-0.05, 0) is 0 Å². The predicted molar refractivity (Wildman–Crippen MR) is 45.3 cm³/mol. The molecule has 0 atom stereocenters. The van der Waals surface area contributed by atoms with Crippen LogP contribution in [-0.4, -0.2) is 8.42 Å². The van der Waals surface area contributed by atoms with Gasteiger partial charge in [-0.1, -0.05) is 0 Å². The summed E-state index contributed by atoms with van der Waals surface area (Å²) in [6.45, 7) is 1.91. The van der Waals surface area contributed by atoms with Crippen molar-refractivity contribution in [2.75, 3.05) is 0 Å². The Kier molecular flexibility index (Phi) is 3.88. The summed E-state index contributed by atoms with van der Waals surface area (Å²) in [5.74, 6) is 0. The van der Waals surface area contributed by atoms with Crippen LogP contribution in [0.4, 0.5) is 0 Å². The zero-order chi connectivity index (χ0) is 9.90. The van der Waals surface area contributed by atoms with Gasteiger partial charge >= 0.3 is 91.7 Å². The van der Waals surface area contributed by atoms with Gasteiger partial charge in [0.2, 0.25) is 0 Å². The normalized spacial score (nSPS) is 10.9. The molecule has 3 nitrogen and oxygen atoms in total. The van der Waals surface area contributed by atoms with E-state index in [0.29, 0.717) is 0 Å². The quantitative estimate of drug-likeness (QED) is 0.743. The maximum absolute atomic E-state index is 11.4. The van der Waals surface area contributed by atoms with Crippen LogP contribution in [0.25, 0.3) is 0 Å². The second kappa shape index (κ2) is 4.53. The molecule has 0 radical (unpaired) electrons. The fourth-order valence-corrected chi connectivity index (χ4v) is 7.05. The third-order valence-electron chi connectivity index (χ3n) is 1.58. The van der Waals surface area contributed by atoms with Gasteiger partial charge in [0, 0.05) is 0 Å². The maximum atomic E-state index is 11.4. The monoisotopic (exact) mass is 388 g/mol. The average Bonchev–Trinajstić information content (AvgIpc) is 2.05. The standard InChI is InChI=1S/C7H8O3S.CH3.Hg/c1-6-2-4-7(5-3-6)11(8,9)10;;/h2-5H,1H3,(H,8,9,10);1H3;/q;;+1/p-1. The van der Waals surface area contributed by atoms with Crippen molar-refractivity contribution in [3.8, 4) is 0 Å². The van der Waals surface area contributed by atoms with Crippen molar-refractivity contribution >= 4 is 10.1 Å². The second-order valence-corrected chi connectivity index (χ2v) is 9.28. The number of benzene rings is 1. The molecule has 0 spiro atoms. The van der Waals surface area contributed by atoms with E-state index < -0.39 is 35.1 Å². The minimum absolute atomic E-state index is 0.264. The van der Waals surface area contributed by atoms with Gasteiger partial charge in [0.05, 0.1) is 0 Å². The first-order chi connectivity index (χ1) is 6.06. The third kappa shape index (κ3) is 3.04. The molecule has 0 amide bonds. The Morgan fingerprint density at radius 1 is 1.23 bits per heavy atom. The molecule has 5 heteroatoms. The van der Waals surface area contributed by atoms with E-state index in [1.165, 1.54) is 0 Å². The van der Waals surface area contributed by atoms with Gasteiger partial charge in [-0.3, -0.25) is 0 Å². The van der Waals surface area contributed by atoms with Crippen LogP contribution in [0.1, 0.15) is 5.56 Å². The number of rotatable bonds is 3. The molecule has 0 heterocycles. The summed E-state index contributed by atoms with van der Waals surface area (Å²) in [4.78, 5) is 0.264. The van der Waals surface area contributed by atoms with E-state index in [-0.39, 0.29) is 4.90 Å². The van der Waals surface area contributed by atoms with Crippen LogP contribution >= 0.6 is 0 Å². The van der Waals surface area contributed by atoms with Crippen molar-refractivity contribution in [1.82, 2.24) is 0 Å². The molecule has 0 aliphatic carbocycles. The van der Waals surface area contributed by atoms with Crippen LogP contribution < -0.4 is 0 Å². The summed E-state index contributed by atoms with van der Waals surface area (Å²) in [7, 11) is -3.43. The van der Waals surface area contributed by atoms with Gasteiger partial charge in [0.15, 0.2) is 0 Å². The number of aryl methyl sites for hydroxylation is 1. The molecule has 0 aliphatic heterocycles. The van der Waals surface area contributed by atoms with E-state index in [1.807, 2.05) is 11.4 Å². The van der Waals surface area contributed by atoms with Gasteiger partial charge in [0.25, 0.3) is 0 Å². The van der Waals surface area contributed by atoms with E-state index in [2.05, 4.69) is 0 Å². The molecule has 1 aromatic rings. The Bertz CT molecular complexity index is 369. The van der Waals surface area contributed by atoms with Crippen molar-refractivity contribution < 1.29 is 35.5 Å². The molecule has 0 bridgehead atoms. The first kappa shape index (κ1) is 11.1. The fourth-order valence-electron chi connectivity index (χ4n) is 0.928. The predicted octanol–water partition coefficient (Wildman–Crippen LogP) is 1.75. The Morgan fingerprint density at radius 2 is 1.77 bits per heavy atom. The Labute approximate surface area is 91.3 Å². The van der Waals surface area contributed by atoms with Crippen LogP contribution in [0.15, 0.2) is 29.2 Å². The molecule has 0 saturated carbocycles. The van der Waals surface area contributed by atoms with E-state index in [0.717, 1.165) is 5.56 Å². The van der Waals surface area contributed by atoms with E-state index in [1.54, 1.807) is 24.3 Å². The minimum atomic E-state index is -3.43. The third-order valence-corrected chi connectivity index (χ3v) is 9.35. The summed E-state index contributed by atoms with van der Waals surface area (Å²) in [6.07, 6.45) is 0. The topological polar surface area (TPSA) is 43.4 Å². The summed E-state index contributed by atoms with van der Waals surface area (Å²) in [5.41, 5.74) is 1.04. The first-order valence-electron chi connectivity index (χ1n) is 4.02. The van der Waals surface area contributed by atoms with Crippen LogP contribution in [0.2, 0.25) is 4.43 Å². The molecule has 1 aromatic carbocycles. The zero-order valence-electron chi connectivity index (χ0n) is 7.65. The van der Waals surface area contributed by atoms with Crippen LogP contribution in [0.3, 0.4) is 0 Å². The molecule has 0 fully saturated rings. The fraction of sp³-hybridized carbons (Fsp3) is 0.250. The summed E-state index contributed by atoms with van der Waals surface area (Å²) < 4.78 is 29.5. The Hall–Kier alpha value is 0.0651. The molecular weight excluding hydrogens is 377 g/mol. The average molecular weight is 387 g/mol. The van der Waals surface area contributed by atoms with E-state index in [9.17, 15) is 8.42 Å². The number of hydrogen-bond acceptors (Lipinski definition) is 3. The molecule has 0 aliphatic rings. The van der Waals surface area contributed by atoms with Crippen LogP contribution in [-0.2, 0) is 37.2 Å².